The first-order valence-electron chi connectivity index (χ1n) is 6.89. The van der Waals surface area contributed by atoms with Crippen molar-refractivity contribution in [1.29, 1.82) is 0 Å². The monoisotopic (exact) mass is 292 g/mol. The van der Waals surface area contributed by atoms with Gasteiger partial charge in [-0.15, -0.1) is 0 Å². The lowest BCUT2D eigenvalue weighted by Crippen LogP contribution is -2.38. The van der Waals surface area contributed by atoms with Gasteiger partial charge in [0.1, 0.15) is 10.7 Å². The summed E-state index contributed by atoms with van der Waals surface area (Å²) < 4.78 is 5.64. The number of benzene rings is 1. The van der Waals surface area contributed by atoms with E-state index in [1.54, 1.807) is 6.07 Å². The Hall–Kier alpha value is -1.62. The van der Waals surface area contributed by atoms with E-state index in [0.29, 0.717) is 10.7 Å². The van der Waals surface area contributed by atoms with Crippen LogP contribution in [0.1, 0.15) is 30.4 Å². The van der Waals surface area contributed by atoms with E-state index in [-0.39, 0.29) is 12.5 Å². The number of rotatable bonds is 4. The minimum absolute atomic E-state index is 0.0461. The first-order valence-corrected chi connectivity index (χ1v) is 7.30. The molecule has 0 aromatic heterocycles. The number of nitrogens with zero attached hydrogens (tertiary/aromatic N) is 1. The topological polar surface area (TPSA) is 55.6 Å². The molecule has 1 saturated heterocycles. The number of hydrogen-bond donors (Lipinski definition) is 1. The minimum atomic E-state index is 0.0461. The van der Waals surface area contributed by atoms with Crippen LogP contribution in [0, 0.1) is 6.92 Å². The third-order valence-electron chi connectivity index (χ3n) is 3.53. The van der Waals surface area contributed by atoms with Gasteiger partial charge in [-0.1, -0.05) is 24.4 Å². The Morgan fingerprint density at radius 1 is 1.35 bits per heavy atom. The summed E-state index contributed by atoms with van der Waals surface area (Å²) in [4.78, 5) is 14.3. The van der Waals surface area contributed by atoms with E-state index in [1.807, 2.05) is 24.0 Å². The van der Waals surface area contributed by atoms with Crippen LogP contribution in [0.3, 0.4) is 0 Å². The molecule has 5 heteroatoms. The third-order valence-corrected chi connectivity index (χ3v) is 3.77. The Bertz CT molecular complexity index is 511. The molecule has 108 valence electrons. The maximum Gasteiger partial charge on any atom is 0.260 e. The van der Waals surface area contributed by atoms with Gasteiger partial charge in [-0.25, -0.2) is 0 Å². The lowest BCUT2D eigenvalue weighted by Gasteiger charge is -2.26. The molecule has 0 atom stereocenters. The first kappa shape index (κ1) is 14.8. The van der Waals surface area contributed by atoms with Crippen molar-refractivity contribution in [3.63, 3.8) is 0 Å². The highest BCUT2D eigenvalue weighted by atomic mass is 32.1. The molecule has 0 spiro atoms. The number of aryl methyl sites for hydroxylation is 1. The summed E-state index contributed by atoms with van der Waals surface area (Å²) >= 11 is 4.95. The molecule has 0 bridgehead atoms. The van der Waals surface area contributed by atoms with Gasteiger partial charge < -0.3 is 15.4 Å². The standard InChI is InChI=1S/C15H20N2O2S/c1-11-5-6-12(15(16)20)9-13(11)19-10-14(18)17-7-3-2-4-8-17/h5-6,9H,2-4,7-8,10H2,1H3,(H2,16,20). The van der Waals surface area contributed by atoms with Crippen LogP contribution in [-0.4, -0.2) is 35.5 Å². The van der Waals surface area contributed by atoms with Crippen molar-refractivity contribution in [2.45, 2.75) is 26.2 Å². The van der Waals surface area contributed by atoms with Gasteiger partial charge in [0.15, 0.2) is 6.61 Å². The van der Waals surface area contributed by atoms with Crippen LogP contribution in [0.15, 0.2) is 18.2 Å². The summed E-state index contributed by atoms with van der Waals surface area (Å²) in [6.07, 6.45) is 3.38. The zero-order valence-electron chi connectivity index (χ0n) is 11.7. The smallest absolute Gasteiger partial charge is 0.260 e. The van der Waals surface area contributed by atoms with Crippen molar-refractivity contribution in [1.82, 2.24) is 4.90 Å². The SMILES string of the molecule is Cc1ccc(C(N)=S)cc1OCC(=O)N1CCCCC1. The van der Waals surface area contributed by atoms with Crippen LogP contribution in [-0.2, 0) is 4.79 Å². The summed E-state index contributed by atoms with van der Waals surface area (Å²) in [6.45, 7) is 3.69. The lowest BCUT2D eigenvalue weighted by atomic mass is 10.1. The number of nitrogens with two attached hydrogens (primary N) is 1. The second-order valence-corrected chi connectivity index (χ2v) is 5.51. The number of likely N-dealkylation sites (tertiary alicyclic amines) is 1. The van der Waals surface area contributed by atoms with Crippen molar-refractivity contribution >= 4 is 23.1 Å². The molecule has 1 aliphatic heterocycles. The third kappa shape index (κ3) is 3.70. The summed E-state index contributed by atoms with van der Waals surface area (Å²) in [5, 5.41) is 0. The van der Waals surface area contributed by atoms with Crippen molar-refractivity contribution in [3.05, 3.63) is 29.3 Å². The Labute approximate surface area is 124 Å². The fourth-order valence-corrected chi connectivity index (χ4v) is 2.41. The quantitative estimate of drug-likeness (QED) is 0.863. The van der Waals surface area contributed by atoms with Gasteiger partial charge in [-0.05, 0) is 37.8 Å². The summed E-state index contributed by atoms with van der Waals surface area (Å²) in [5.74, 6) is 0.713. The van der Waals surface area contributed by atoms with Gasteiger partial charge in [0.05, 0.1) is 0 Å². The summed E-state index contributed by atoms with van der Waals surface area (Å²) in [6, 6.07) is 5.55. The van der Waals surface area contributed by atoms with E-state index < -0.39 is 0 Å². The Kier molecular flexibility index (Phi) is 4.95. The van der Waals surface area contributed by atoms with Crippen LogP contribution >= 0.6 is 12.2 Å². The minimum Gasteiger partial charge on any atom is -0.483 e. The molecule has 1 aliphatic rings. The molecule has 1 heterocycles. The predicted octanol–water partition coefficient (Wildman–Crippen LogP) is 2.02. The van der Waals surface area contributed by atoms with E-state index in [0.717, 1.165) is 37.1 Å². The molecule has 1 fully saturated rings. The molecular weight excluding hydrogens is 272 g/mol. The zero-order valence-corrected chi connectivity index (χ0v) is 12.5. The molecule has 1 amide bonds. The Morgan fingerprint density at radius 2 is 2.05 bits per heavy atom. The number of carbonyl (C=O) groups is 1. The average molecular weight is 292 g/mol. The van der Waals surface area contributed by atoms with Gasteiger partial charge in [0.25, 0.3) is 5.91 Å². The van der Waals surface area contributed by atoms with E-state index in [1.165, 1.54) is 6.42 Å². The van der Waals surface area contributed by atoms with Crippen molar-refractivity contribution in [3.8, 4) is 5.75 Å². The van der Waals surface area contributed by atoms with Crippen molar-refractivity contribution in [2.24, 2.45) is 5.73 Å². The largest absolute Gasteiger partial charge is 0.483 e. The van der Waals surface area contributed by atoms with Gasteiger partial charge >= 0.3 is 0 Å². The first-order chi connectivity index (χ1) is 9.58. The molecule has 2 rings (SSSR count). The van der Waals surface area contributed by atoms with Gasteiger partial charge in [-0.2, -0.15) is 0 Å². The maximum atomic E-state index is 12.1. The van der Waals surface area contributed by atoms with Crippen LogP contribution in [0.25, 0.3) is 0 Å². The normalized spacial score (nSPS) is 14.9. The molecule has 0 unspecified atom stereocenters. The maximum absolute atomic E-state index is 12.1. The highest BCUT2D eigenvalue weighted by Crippen LogP contribution is 2.20. The molecule has 0 saturated carbocycles. The van der Waals surface area contributed by atoms with E-state index in [2.05, 4.69) is 0 Å². The number of hydrogen-bond acceptors (Lipinski definition) is 3. The molecule has 4 nitrogen and oxygen atoms in total. The van der Waals surface area contributed by atoms with Crippen molar-refractivity contribution < 1.29 is 9.53 Å². The van der Waals surface area contributed by atoms with Crippen LogP contribution < -0.4 is 10.5 Å². The average Bonchev–Trinajstić information content (AvgIpc) is 2.46. The number of carbonyl (C=O) groups excluding carboxylic acids is 1. The van der Waals surface area contributed by atoms with Crippen LogP contribution in [0.4, 0.5) is 0 Å². The number of amides is 1. The number of ether oxygens (including phenoxy) is 1. The van der Waals surface area contributed by atoms with E-state index in [4.69, 9.17) is 22.7 Å². The molecular formula is C15H20N2O2S. The van der Waals surface area contributed by atoms with Gasteiger partial charge in [-0.3, -0.25) is 4.79 Å². The highest BCUT2D eigenvalue weighted by Gasteiger charge is 2.17. The molecule has 2 N–H and O–H groups in total. The fraction of sp³-hybridized carbons (Fsp3) is 0.467. The lowest BCUT2D eigenvalue weighted by molar-refractivity contribution is -0.134. The van der Waals surface area contributed by atoms with Crippen LogP contribution in [0.5, 0.6) is 5.75 Å². The van der Waals surface area contributed by atoms with Crippen LogP contribution in [0.2, 0.25) is 0 Å². The Morgan fingerprint density at radius 3 is 2.70 bits per heavy atom. The molecule has 0 radical (unpaired) electrons. The zero-order chi connectivity index (χ0) is 14.5. The Balaban J connectivity index is 1.97. The van der Waals surface area contributed by atoms with Gasteiger partial charge in [0.2, 0.25) is 0 Å². The number of piperidine rings is 1. The second kappa shape index (κ2) is 6.70. The molecule has 1 aromatic carbocycles. The fourth-order valence-electron chi connectivity index (χ4n) is 2.28. The van der Waals surface area contributed by atoms with Gasteiger partial charge in [0, 0.05) is 18.7 Å². The second-order valence-electron chi connectivity index (χ2n) is 5.07. The van der Waals surface area contributed by atoms with E-state index in [9.17, 15) is 4.79 Å². The summed E-state index contributed by atoms with van der Waals surface area (Å²) in [7, 11) is 0. The number of thiocarbonyl (C=S) groups is 1. The summed E-state index contributed by atoms with van der Waals surface area (Å²) in [5.41, 5.74) is 7.33. The molecule has 0 aliphatic carbocycles. The van der Waals surface area contributed by atoms with Crippen molar-refractivity contribution in [2.75, 3.05) is 19.7 Å². The molecule has 20 heavy (non-hydrogen) atoms. The highest BCUT2D eigenvalue weighted by molar-refractivity contribution is 7.80. The molecule has 1 aromatic rings. The predicted molar refractivity (Wildman–Crippen MR) is 83.0 cm³/mol. The van der Waals surface area contributed by atoms with E-state index >= 15 is 0 Å².